The Morgan fingerprint density at radius 1 is 1.30 bits per heavy atom. The van der Waals surface area contributed by atoms with Crippen molar-refractivity contribution in [1.29, 1.82) is 0 Å². The molecule has 1 aliphatic heterocycles. The van der Waals surface area contributed by atoms with Gasteiger partial charge in [0.15, 0.2) is 4.77 Å². The van der Waals surface area contributed by atoms with Crippen molar-refractivity contribution in [1.82, 2.24) is 19.2 Å². The number of hydrogen-bond acceptors (Lipinski definition) is 5. The summed E-state index contributed by atoms with van der Waals surface area (Å²) in [4.78, 5) is 2.39. The van der Waals surface area contributed by atoms with Gasteiger partial charge in [-0.05, 0) is 43.3 Å². The van der Waals surface area contributed by atoms with Crippen LogP contribution >= 0.6 is 12.2 Å². The van der Waals surface area contributed by atoms with Crippen LogP contribution in [0.25, 0.3) is 0 Å². The first-order valence-corrected chi connectivity index (χ1v) is 8.09. The molecule has 0 N–H and O–H groups in total. The van der Waals surface area contributed by atoms with E-state index in [1.165, 1.54) is 0 Å². The van der Waals surface area contributed by atoms with Gasteiger partial charge in [0.2, 0.25) is 0 Å². The van der Waals surface area contributed by atoms with Crippen LogP contribution in [0.2, 0.25) is 0 Å². The van der Waals surface area contributed by atoms with Gasteiger partial charge in [-0.25, -0.2) is 4.68 Å². The van der Waals surface area contributed by atoms with E-state index < -0.39 is 0 Å². The van der Waals surface area contributed by atoms with E-state index in [0.29, 0.717) is 6.67 Å². The lowest BCUT2D eigenvalue weighted by molar-refractivity contribution is 0.186. The van der Waals surface area contributed by atoms with Crippen molar-refractivity contribution in [2.24, 2.45) is 7.05 Å². The second kappa shape index (κ2) is 6.72. The van der Waals surface area contributed by atoms with E-state index in [1.54, 1.807) is 20.5 Å². The predicted molar refractivity (Wildman–Crippen MR) is 90.3 cm³/mol. The fourth-order valence-corrected chi connectivity index (χ4v) is 3.29. The number of rotatable bonds is 5. The van der Waals surface area contributed by atoms with Crippen molar-refractivity contribution < 1.29 is 9.47 Å². The molecule has 0 spiro atoms. The second-order valence-corrected chi connectivity index (χ2v) is 6.11. The summed E-state index contributed by atoms with van der Waals surface area (Å²) in [6.07, 6.45) is 3.98. The fourth-order valence-electron chi connectivity index (χ4n) is 3.14. The van der Waals surface area contributed by atoms with Gasteiger partial charge < -0.3 is 14.0 Å². The SMILES string of the molecule is COc1ccc(OC)c([C@H]2CCCN2Cn2ncn(C)c2=S)c1. The molecular weight excluding hydrogens is 312 g/mol. The summed E-state index contributed by atoms with van der Waals surface area (Å²) in [6.45, 7) is 1.70. The van der Waals surface area contributed by atoms with Crippen molar-refractivity contribution in [3.8, 4) is 11.5 Å². The number of aryl methyl sites for hydroxylation is 1. The Morgan fingerprint density at radius 2 is 2.13 bits per heavy atom. The number of hydrogen-bond donors (Lipinski definition) is 0. The van der Waals surface area contributed by atoms with Crippen LogP contribution in [0.3, 0.4) is 0 Å². The molecule has 6 nitrogen and oxygen atoms in total. The van der Waals surface area contributed by atoms with Crippen LogP contribution in [0.1, 0.15) is 24.4 Å². The molecule has 23 heavy (non-hydrogen) atoms. The molecule has 0 aliphatic carbocycles. The normalized spacial score (nSPS) is 18.3. The van der Waals surface area contributed by atoms with Crippen molar-refractivity contribution >= 4 is 12.2 Å². The van der Waals surface area contributed by atoms with Gasteiger partial charge in [-0.3, -0.25) is 4.90 Å². The van der Waals surface area contributed by atoms with Crippen LogP contribution < -0.4 is 9.47 Å². The molecule has 7 heteroatoms. The molecule has 2 heterocycles. The summed E-state index contributed by atoms with van der Waals surface area (Å²) in [5, 5.41) is 4.36. The van der Waals surface area contributed by atoms with Crippen LogP contribution in [0, 0.1) is 4.77 Å². The second-order valence-electron chi connectivity index (χ2n) is 5.74. The average molecular weight is 334 g/mol. The summed E-state index contributed by atoms with van der Waals surface area (Å²) < 4.78 is 15.4. The third-order valence-corrected chi connectivity index (χ3v) is 4.86. The van der Waals surface area contributed by atoms with Gasteiger partial charge in [-0.2, -0.15) is 5.10 Å². The van der Waals surface area contributed by atoms with E-state index in [0.717, 1.165) is 41.2 Å². The highest BCUT2D eigenvalue weighted by atomic mass is 32.1. The minimum Gasteiger partial charge on any atom is -0.497 e. The first-order valence-electron chi connectivity index (χ1n) is 7.68. The lowest BCUT2D eigenvalue weighted by atomic mass is 10.0. The molecule has 1 aliphatic rings. The summed E-state index contributed by atoms with van der Waals surface area (Å²) in [5.74, 6) is 1.74. The first kappa shape index (κ1) is 16.0. The molecule has 0 saturated carbocycles. The van der Waals surface area contributed by atoms with Gasteiger partial charge in [0.25, 0.3) is 0 Å². The number of likely N-dealkylation sites (tertiary alicyclic amines) is 1. The molecule has 1 fully saturated rings. The number of methoxy groups -OCH3 is 2. The molecule has 0 bridgehead atoms. The summed E-state index contributed by atoms with van der Waals surface area (Å²) >= 11 is 5.40. The van der Waals surface area contributed by atoms with Crippen LogP contribution in [0.4, 0.5) is 0 Å². The van der Waals surface area contributed by atoms with Crippen LogP contribution in [-0.2, 0) is 13.7 Å². The van der Waals surface area contributed by atoms with Crippen molar-refractivity contribution in [2.45, 2.75) is 25.6 Å². The molecule has 124 valence electrons. The minimum absolute atomic E-state index is 0.281. The van der Waals surface area contributed by atoms with Gasteiger partial charge in [-0.1, -0.05) is 0 Å². The quantitative estimate of drug-likeness (QED) is 0.787. The van der Waals surface area contributed by atoms with Crippen molar-refractivity contribution in [2.75, 3.05) is 20.8 Å². The van der Waals surface area contributed by atoms with Crippen LogP contribution in [-0.4, -0.2) is 40.0 Å². The molecular formula is C16H22N4O2S. The summed E-state index contributed by atoms with van der Waals surface area (Å²) in [5.41, 5.74) is 1.16. The van der Waals surface area contributed by atoms with E-state index in [2.05, 4.69) is 16.1 Å². The maximum Gasteiger partial charge on any atom is 0.198 e. The average Bonchev–Trinajstić information content (AvgIpc) is 3.16. The van der Waals surface area contributed by atoms with Gasteiger partial charge >= 0.3 is 0 Å². The highest BCUT2D eigenvalue weighted by Gasteiger charge is 2.29. The largest absolute Gasteiger partial charge is 0.497 e. The van der Waals surface area contributed by atoms with Crippen molar-refractivity contribution in [3.63, 3.8) is 0 Å². The van der Waals surface area contributed by atoms with Gasteiger partial charge in [-0.15, -0.1) is 0 Å². The Morgan fingerprint density at radius 3 is 2.78 bits per heavy atom. The Balaban J connectivity index is 1.89. The van der Waals surface area contributed by atoms with E-state index >= 15 is 0 Å². The molecule has 0 radical (unpaired) electrons. The van der Waals surface area contributed by atoms with Gasteiger partial charge in [0.05, 0.1) is 20.9 Å². The highest BCUT2D eigenvalue weighted by molar-refractivity contribution is 7.71. The molecule has 1 aromatic carbocycles. The monoisotopic (exact) mass is 334 g/mol. The molecule has 2 aromatic rings. The molecule has 0 amide bonds. The van der Waals surface area contributed by atoms with Crippen LogP contribution in [0.5, 0.6) is 11.5 Å². The zero-order chi connectivity index (χ0) is 16.4. The maximum absolute atomic E-state index is 5.55. The highest BCUT2D eigenvalue weighted by Crippen LogP contribution is 2.39. The number of ether oxygens (including phenoxy) is 2. The number of nitrogens with zero attached hydrogens (tertiary/aromatic N) is 4. The number of benzene rings is 1. The van der Waals surface area contributed by atoms with Crippen LogP contribution in [0.15, 0.2) is 24.5 Å². The summed E-state index contributed by atoms with van der Waals surface area (Å²) in [7, 11) is 5.31. The zero-order valence-electron chi connectivity index (χ0n) is 13.7. The maximum atomic E-state index is 5.55. The Kier molecular flexibility index (Phi) is 4.68. The summed E-state index contributed by atoms with van der Waals surface area (Å²) in [6, 6.07) is 6.25. The van der Waals surface area contributed by atoms with E-state index in [-0.39, 0.29) is 6.04 Å². The topological polar surface area (TPSA) is 44.5 Å². The fraction of sp³-hybridized carbons (Fsp3) is 0.500. The standard InChI is InChI=1S/C16H22N4O2S/c1-18-10-17-20(16(18)23)11-19-8-4-5-14(19)13-9-12(21-2)6-7-15(13)22-3/h6-7,9-10,14H,4-5,8,11H2,1-3H3/t14-/m1/s1. The van der Waals surface area contributed by atoms with E-state index in [4.69, 9.17) is 21.7 Å². The zero-order valence-corrected chi connectivity index (χ0v) is 14.5. The molecule has 3 rings (SSSR count). The minimum atomic E-state index is 0.281. The van der Waals surface area contributed by atoms with Gasteiger partial charge in [0.1, 0.15) is 17.8 Å². The number of aromatic nitrogens is 3. The Hall–Kier alpha value is -1.86. The smallest absolute Gasteiger partial charge is 0.198 e. The van der Waals surface area contributed by atoms with E-state index in [9.17, 15) is 0 Å². The Bertz CT molecular complexity index is 740. The lowest BCUT2D eigenvalue weighted by Crippen LogP contribution is -2.27. The lowest BCUT2D eigenvalue weighted by Gasteiger charge is -2.26. The first-order chi connectivity index (χ1) is 11.1. The van der Waals surface area contributed by atoms with Gasteiger partial charge in [0, 0.05) is 25.2 Å². The molecule has 1 saturated heterocycles. The molecule has 0 unspecified atom stereocenters. The van der Waals surface area contributed by atoms with E-state index in [1.807, 2.05) is 28.4 Å². The molecule has 1 atom stereocenters. The van der Waals surface area contributed by atoms with Crippen molar-refractivity contribution in [3.05, 3.63) is 34.9 Å². The third-order valence-electron chi connectivity index (χ3n) is 4.36. The predicted octanol–water partition coefficient (Wildman–Crippen LogP) is 2.76. The Labute approximate surface area is 141 Å². The third kappa shape index (κ3) is 3.11. The molecule has 1 aromatic heterocycles.